The van der Waals surface area contributed by atoms with Gasteiger partial charge in [-0.15, -0.1) is 23.7 Å². The number of nitrogens with zero attached hydrogens (tertiary/aromatic N) is 3. The zero-order valence-electron chi connectivity index (χ0n) is 22.4. The van der Waals surface area contributed by atoms with Crippen molar-refractivity contribution >= 4 is 64.0 Å². The smallest absolute Gasteiger partial charge is 0.280 e. The van der Waals surface area contributed by atoms with E-state index in [4.69, 9.17) is 11.6 Å². The average Bonchev–Trinajstić information content (AvgIpc) is 3.68. The maximum atomic E-state index is 13.4. The predicted octanol–water partition coefficient (Wildman–Crippen LogP) is 4.01. The second-order valence-corrected chi connectivity index (χ2v) is 12.5. The molecule has 0 unspecified atom stereocenters. The molecule has 3 amide bonds. The molecule has 12 heteroatoms. The van der Waals surface area contributed by atoms with Crippen molar-refractivity contribution in [3.8, 4) is 0 Å². The fraction of sp³-hybridized carbons (Fsp3) is 0.500. The summed E-state index contributed by atoms with van der Waals surface area (Å²) in [6, 6.07) is 6.53. The molecule has 2 aliphatic heterocycles. The Morgan fingerprint density at radius 2 is 1.82 bits per heavy atom. The Labute approximate surface area is 248 Å². The van der Waals surface area contributed by atoms with Gasteiger partial charge >= 0.3 is 0 Å². The lowest BCUT2D eigenvalue weighted by atomic mass is 9.81. The van der Waals surface area contributed by atoms with Crippen molar-refractivity contribution in [2.45, 2.75) is 57.2 Å². The number of aromatic nitrogens is 2. The van der Waals surface area contributed by atoms with Gasteiger partial charge in [-0.25, -0.2) is 4.98 Å². The van der Waals surface area contributed by atoms with Crippen molar-refractivity contribution in [2.75, 3.05) is 26.7 Å². The maximum Gasteiger partial charge on any atom is 0.280 e. The fourth-order valence-electron chi connectivity index (χ4n) is 6.05. The molecule has 214 valence electrons. The summed E-state index contributed by atoms with van der Waals surface area (Å²) in [5, 5.41) is 8.20. The highest BCUT2D eigenvalue weighted by atomic mass is 35.5. The Morgan fingerprint density at radius 3 is 2.62 bits per heavy atom. The molecule has 1 saturated carbocycles. The van der Waals surface area contributed by atoms with Gasteiger partial charge < -0.3 is 25.4 Å². The van der Waals surface area contributed by atoms with Gasteiger partial charge in [-0.2, -0.15) is 0 Å². The standard InChI is InChI=1S/C28H33ClN6O3S.ClH/c1-34-11-8-21-24(15-34)39-27(33-21)26(37)32-22-13-16(28(38)35-9-2-3-10-35)4-6-20(22)31-25(36)23-14-17-12-18(29)5-7-19(17)30-23;/h5,7,12,14,16,20,22,30H,2-4,6,8-11,13,15H2,1H3,(H,31,36)(H,32,37);1H/t16-,20-,22+;/m0./s1. The van der Waals surface area contributed by atoms with Gasteiger partial charge in [0.2, 0.25) is 5.91 Å². The summed E-state index contributed by atoms with van der Waals surface area (Å²) in [4.78, 5) is 53.0. The lowest BCUT2D eigenvalue weighted by Crippen LogP contribution is -2.56. The summed E-state index contributed by atoms with van der Waals surface area (Å²) in [5.41, 5.74) is 2.26. The van der Waals surface area contributed by atoms with E-state index in [9.17, 15) is 14.4 Å². The number of H-pyrrole nitrogens is 1. The molecule has 1 saturated heterocycles. The molecule has 2 aromatic heterocycles. The quantitative estimate of drug-likeness (QED) is 0.407. The van der Waals surface area contributed by atoms with Crippen LogP contribution in [0.25, 0.3) is 10.9 Å². The highest BCUT2D eigenvalue weighted by Crippen LogP contribution is 2.30. The second kappa shape index (κ2) is 12.1. The Morgan fingerprint density at radius 1 is 1.05 bits per heavy atom. The lowest BCUT2D eigenvalue weighted by molar-refractivity contribution is -0.135. The van der Waals surface area contributed by atoms with Crippen LogP contribution in [0.2, 0.25) is 5.02 Å². The van der Waals surface area contributed by atoms with E-state index in [0.29, 0.717) is 35.0 Å². The van der Waals surface area contributed by atoms with Crippen LogP contribution in [0.1, 0.15) is 63.0 Å². The minimum Gasteiger partial charge on any atom is -0.351 e. The number of likely N-dealkylation sites (N-methyl/N-ethyl adjacent to an activating group) is 1. The van der Waals surface area contributed by atoms with Crippen molar-refractivity contribution in [3.63, 3.8) is 0 Å². The molecule has 40 heavy (non-hydrogen) atoms. The number of halogens is 2. The first kappa shape index (κ1) is 28.9. The van der Waals surface area contributed by atoms with E-state index < -0.39 is 0 Å². The second-order valence-electron chi connectivity index (χ2n) is 11.0. The van der Waals surface area contributed by atoms with Gasteiger partial charge in [-0.05, 0) is 63.4 Å². The number of benzene rings is 1. The van der Waals surface area contributed by atoms with E-state index in [1.54, 1.807) is 12.1 Å². The van der Waals surface area contributed by atoms with Crippen molar-refractivity contribution in [1.29, 1.82) is 0 Å². The third-order valence-corrected chi connectivity index (χ3v) is 9.51. The molecule has 3 aromatic rings. The van der Waals surface area contributed by atoms with Crippen LogP contribution in [0.3, 0.4) is 0 Å². The van der Waals surface area contributed by atoms with Gasteiger partial charge in [0.1, 0.15) is 5.69 Å². The summed E-state index contributed by atoms with van der Waals surface area (Å²) < 4.78 is 0. The highest BCUT2D eigenvalue weighted by Gasteiger charge is 2.38. The summed E-state index contributed by atoms with van der Waals surface area (Å²) in [6.07, 6.45) is 4.68. The maximum absolute atomic E-state index is 13.4. The van der Waals surface area contributed by atoms with Crippen LogP contribution in [-0.2, 0) is 17.8 Å². The first-order valence-electron chi connectivity index (χ1n) is 13.7. The van der Waals surface area contributed by atoms with Crippen molar-refractivity contribution in [1.82, 2.24) is 30.4 Å². The number of fused-ring (bicyclic) bond motifs is 2. The first-order chi connectivity index (χ1) is 18.8. The van der Waals surface area contributed by atoms with Gasteiger partial charge in [0, 0.05) is 65.4 Å². The van der Waals surface area contributed by atoms with Gasteiger partial charge in [0.15, 0.2) is 5.01 Å². The number of likely N-dealkylation sites (tertiary alicyclic amines) is 1. The molecule has 3 aliphatic rings. The number of carbonyl (C=O) groups excluding carboxylic acids is 3. The zero-order chi connectivity index (χ0) is 27.1. The molecule has 4 heterocycles. The number of thiazole rings is 1. The predicted molar refractivity (Wildman–Crippen MR) is 158 cm³/mol. The number of rotatable bonds is 5. The Bertz CT molecular complexity index is 1420. The van der Waals surface area contributed by atoms with E-state index in [-0.39, 0.29) is 48.1 Å². The number of hydrogen-bond acceptors (Lipinski definition) is 6. The minimum absolute atomic E-state index is 0. The molecule has 0 radical (unpaired) electrons. The fourth-order valence-corrected chi connectivity index (χ4v) is 7.32. The number of nitrogens with one attached hydrogen (secondary N) is 3. The van der Waals surface area contributed by atoms with E-state index in [2.05, 4.69) is 32.5 Å². The minimum atomic E-state index is -0.380. The van der Waals surface area contributed by atoms with Crippen LogP contribution >= 0.6 is 35.3 Å². The van der Waals surface area contributed by atoms with Crippen LogP contribution in [0, 0.1) is 5.92 Å². The molecule has 1 aromatic carbocycles. The van der Waals surface area contributed by atoms with Gasteiger partial charge in [-0.3, -0.25) is 14.4 Å². The largest absolute Gasteiger partial charge is 0.351 e. The molecule has 3 N–H and O–H groups in total. The van der Waals surface area contributed by atoms with Crippen molar-refractivity contribution in [3.05, 3.63) is 50.6 Å². The van der Waals surface area contributed by atoms with Crippen LogP contribution in [0.5, 0.6) is 0 Å². The Hall–Kier alpha value is -2.66. The van der Waals surface area contributed by atoms with Crippen LogP contribution < -0.4 is 10.6 Å². The molecular weight excluding hydrogens is 571 g/mol. The average molecular weight is 606 g/mol. The third kappa shape index (κ3) is 6.00. The Kier molecular flexibility index (Phi) is 8.70. The topological polar surface area (TPSA) is 110 Å². The molecular formula is C28H34Cl2N6O3S. The van der Waals surface area contributed by atoms with Gasteiger partial charge in [0.05, 0.1) is 11.7 Å². The highest BCUT2D eigenvalue weighted by molar-refractivity contribution is 7.13. The SMILES string of the molecule is CN1CCc2nc(C(=O)N[C@@H]3C[C@@H](C(=O)N4CCCC4)CC[C@@H]3NC(=O)c3cc4cc(Cl)ccc4[nH]3)sc2C1.Cl. The molecule has 0 spiro atoms. The molecule has 0 bridgehead atoms. The monoisotopic (exact) mass is 604 g/mol. The molecule has 6 rings (SSSR count). The van der Waals surface area contributed by atoms with E-state index in [1.165, 1.54) is 11.3 Å². The number of hydrogen-bond donors (Lipinski definition) is 3. The zero-order valence-corrected chi connectivity index (χ0v) is 24.8. The number of aromatic amines is 1. The molecule has 2 fully saturated rings. The normalized spacial score (nSPS) is 22.9. The van der Waals surface area contributed by atoms with Crippen LogP contribution in [0.15, 0.2) is 24.3 Å². The van der Waals surface area contributed by atoms with E-state index in [0.717, 1.165) is 66.9 Å². The summed E-state index contributed by atoms with van der Waals surface area (Å²) >= 11 is 7.55. The van der Waals surface area contributed by atoms with Crippen LogP contribution in [0.4, 0.5) is 0 Å². The Balaban J connectivity index is 0.00000323. The van der Waals surface area contributed by atoms with Gasteiger partial charge in [-0.1, -0.05) is 11.6 Å². The van der Waals surface area contributed by atoms with Crippen LogP contribution in [-0.4, -0.2) is 76.3 Å². The van der Waals surface area contributed by atoms with E-state index >= 15 is 0 Å². The van der Waals surface area contributed by atoms with Gasteiger partial charge in [0.25, 0.3) is 11.8 Å². The number of amides is 3. The number of carbonyl (C=O) groups is 3. The summed E-state index contributed by atoms with van der Waals surface area (Å²) in [7, 11) is 2.07. The summed E-state index contributed by atoms with van der Waals surface area (Å²) in [5.74, 6) is -0.494. The summed E-state index contributed by atoms with van der Waals surface area (Å²) in [6.45, 7) is 3.32. The van der Waals surface area contributed by atoms with Crippen molar-refractivity contribution in [2.24, 2.45) is 5.92 Å². The molecule has 1 aliphatic carbocycles. The molecule has 9 nitrogen and oxygen atoms in total. The first-order valence-corrected chi connectivity index (χ1v) is 14.9. The molecule has 3 atom stereocenters. The van der Waals surface area contributed by atoms with Crippen molar-refractivity contribution < 1.29 is 14.4 Å². The third-order valence-electron chi connectivity index (χ3n) is 8.19. The lowest BCUT2D eigenvalue weighted by Gasteiger charge is -2.37. The van der Waals surface area contributed by atoms with E-state index in [1.807, 2.05) is 17.0 Å².